The Bertz CT molecular complexity index is 897. The van der Waals surface area contributed by atoms with Gasteiger partial charge in [0.05, 0.1) is 25.5 Å². The third kappa shape index (κ3) is 4.38. The molecule has 1 spiro atoms. The average Bonchev–Trinajstić information content (AvgIpc) is 3.15. The third-order valence-electron chi connectivity index (χ3n) is 7.14. The quantitative estimate of drug-likeness (QED) is 0.524. The van der Waals surface area contributed by atoms with Gasteiger partial charge < -0.3 is 30.4 Å². The predicted molar refractivity (Wildman–Crippen MR) is 123 cm³/mol. The average molecular weight is 440 g/mol. The van der Waals surface area contributed by atoms with E-state index >= 15 is 0 Å². The van der Waals surface area contributed by atoms with E-state index in [1.165, 1.54) is 0 Å². The molecule has 4 N–H and O–H groups in total. The van der Waals surface area contributed by atoms with E-state index in [4.69, 9.17) is 0 Å². The first-order valence-electron chi connectivity index (χ1n) is 11.3. The van der Waals surface area contributed by atoms with Crippen LogP contribution in [0.4, 0.5) is 5.69 Å². The molecule has 7 heteroatoms. The Labute approximate surface area is 189 Å². The Balaban J connectivity index is 1.36. The van der Waals surface area contributed by atoms with E-state index in [-0.39, 0.29) is 18.4 Å². The predicted octanol–water partition coefficient (Wildman–Crippen LogP) is 1.64. The first kappa shape index (κ1) is 22.7. The molecule has 172 valence electrons. The molecule has 2 aromatic rings. The van der Waals surface area contributed by atoms with Crippen molar-refractivity contribution in [3.8, 4) is 0 Å². The maximum Gasteiger partial charge on any atom is 0.247 e. The molecule has 0 saturated carbocycles. The zero-order valence-corrected chi connectivity index (χ0v) is 18.5. The largest absolute Gasteiger partial charge is 0.392 e. The number of likely N-dealkylation sites (tertiary alicyclic amines) is 1. The van der Waals surface area contributed by atoms with E-state index in [0.717, 1.165) is 16.8 Å². The van der Waals surface area contributed by atoms with Crippen molar-refractivity contribution in [2.24, 2.45) is 5.92 Å². The Hall–Kier alpha value is -2.45. The minimum atomic E-state index is -0.789. The molecule has 2 aliphatic heterocycles. The first-order valence-corrected chi connectivity index (χ1v) is 11.3. The second kappa shape index (κ2) is 9.58. The number of β-amino-alcohol motifs (C(OH)–C–C–N with tert-alkyl or cyclic N) is 1. The fraction of sp³-hybridized carbons (Fsp3) is 0.480. The highest BCUT2D eigenvalue weighted by Gasteiger charge is 2.50. The van der Waals surface area contributed by atoms with Crippen molar-refractivity contribution in [3.63, 3.8) is 0 Å². The number of nitrogens with zero attached hydrogens (tertiary/aromatic N) is 2. The number of nitrogens with one attached hydrogen (secondary N) is 1. The van der Waals surface area contributed by atoms with Gasteiger partial charge in [-0.3, -0.25) is 4.79 Å². The highest BCUT2D eigenvalue weighted by molar-refractivity contribution is 5.93. The van der Waals surface area contributed by atoms with Crippen LogP contribution in [0.5, 0.6) is 0 Å². The number of hydrogen-bond acceptors (Lipinski definition) is 6. The van der Waals surface area contributed by atoms with Crippen molar-refractivity contribution in [2.75, 3.05) is 31.2 Å². The summed E-state index contributed by atoms with van der Waals surface area (Å²) in [5.74, 6) is -0.266. The maximum atomic E-state index is 12.8. The number of aliphatic hydroxyl groups is 3. The number of amides is 1. The smallest absolute Gasteiger partial charge is 0.247 e. The van der Waals surface area contributed by atoms with Gasteiger partial charge in [0.25, 0.3) is 0 Å². The molecular weight excluding hydrogens is 406 g/mol. The van der Waals surface area contributed by atoms with Gasteiger partial charge in [0, 0.05) is 31.2 Å². The van der Waals surface area contributed by atoms with Crippen molar-refractivity contribution in [2.45, 2.75) is 44.1 Å². The molecule has 4 rings (SSSR count). The monoisotopic (exact) mass is 439 g/mol. The molecule has 1 amide bonds. The highest BCUT2D eigenvalue weighted by Crippen LogP contribution is 2.36. The number of piperidine rings is 1. The van der Waals surface area contributed by atoms with Crippen molar-refractivity contribution < 1.29 is 20.1 Å². The molecule has 2 saturated heterocycles. The summed E-state index contributed by atoms with van der Waals surface area (Å²) in [5.41, 5.74) is 2.02. The standard InChI is InChI=1S/C25H33N3O4/c1-18(23(31)20-9-7-19(16-29)8-10-20)22(30)15-27-13-11-25(12-14-27)24(32)26-17-28(25)21-5-3-2-4-6-21/h2-10,18,22-23,29-31H,11-17H2,1H3,(H,26,32)/t18-,22+,23+/m1/s1. The summed E-state index contributed by atoms with van der Waals surface area (Å²) in [4.78, 5) is 17.1. The van der Waals surface area contributed by atoms with Crippen molar-refractivity contribution >= 4 is 11.6 Å². The molecule has 2 heterocycles. The van der Waals surface area contributed by atoms with E-state index in [1.54, 1.807) is 24.3 Å². The summed E-state index contributed by atoms with van der Waals surface area (Å²) in [6, 6.07) is 17.2. The molecule has 7 nitrogen and oxygen atoms in total. The molecule has 0 aromatic heterocycles. The zero-order valence-electron chi connectivity index (χ0n) is 18.5. The molecule has 2 aliphatic rings. The molecule has 0 radical (unpaired) electrons. The molecule has 2 aromatic carbocycles. The summed E-state index contributed by atoms with van der Waals surface area (Å²) in [6.45, 7) is 4.20. The fourth-order valence-electron chi connectivity index (χ4n) is 4.90. The Kier molecular flexibility index (Phi) is 6.81. The summed E-state index contributed by atoms with van der Waals surface area (Å²) >= 11 is 0. The summed E-state index contributed by atoms with van der Waals surface area (Å²) in [7, 11) is 0. The second-order valence-corrected chi connectivity index (χ2v) is 9.03. The van der Waals surface area contributed by atoms with Crippen LogP contribution in [0.2, 0.25) is 0 Å². The number of carbonyl (C=O) groups is 1. The van der Waals surface area contributed by atoms with Gasteiger partial charge in [-0.25, -0.2) is 0 Å². The van der Waals surface area contributed by atoms with Crippen LogP contribution in [0.3, 0.4) is 0 Å². The normalized spacial score (nSPS) is 21.4. The van der Waals surface area contributed by atoms with Gasteiger partial charge >= 0.3 is 0 Å². The van der Waals surface area contributed by atoms with Crippen LogP contribution >= 0.6 is 0 Å². The minimum Gasteiger partial charge on any atom is -0.392 e. The van der Waals surface area contributed by atoms with Gasteiger partial charge in [0.15, 0.2) is 0 Å². The second-order valence-electron chi connectivity index (χ2n) is 9.03. The summed E-state index contributed by atoms with van der Waals surface area (Å²) in [6.07, 6.45) is -0.0951. The molecule has 3 atom stereocenters. The number of anilines is 1. The number of aliphatic hydroxyl groups excluding tert-OH is 3. The lowest BCUT2D eigenvalue weighted by Crippen LogP contribution is -2.57. The van der Waals surface area contributed by atoms with Crippen molar-refractivity contribution in [1.82, 2.24) is 10.2 Å². The van der Waals surface area contributed by atoms with E-state index in [9.17, 15) is 20.1 Å². The topological polar surface area (TPSA) is 96.3 Å². The molecule has 32 heavy (non-hydrogen) atoms. The third-order valence-corrected chi connectivity index (χ3v) is 7.14. The van der Waals surface area contributed by atoms with Crippen LogP contribution in [0.25, 0.3) is 0 Å². The van der Waals surface area contributed by atoms with Crippen LogP contribution < -0.4 is 10.2 Å². The number of para-hydroxylation sites is 1. The minimum absolute atomic E-state index is 0.0370. The van der Waals surface area contributed by atoms with Crippen molar-refractivity contribution in [3.05, 3.63) is 65.7 Å². The van der Waals surface area contributed by atoms with Gasteiger partial charge in [-0.05, 0) is 36.1 Å². The van der Waals surface area contributed by atoms with E-state index < -0.39 is 17.7 Å². The van der Waals surface area contributed by atoms with Gasteiger partial charge in [0.2, 0.25) is 5.91 Å². The van der Waals surface area contributed by atoms with Gasteiger partial charge in [-0.1, -0.05) is 49.4 Å². The Morgan fingerprint density at radius 2 is 1.69 bits per heavy atom. The van der Waals surface area contributed by atoms with Crippen molar-refractivity contribution in [1.29, 1.82) is 0 Å². The molecule has 2 fully saturated rings. The van der Waals surface area contributed by atoms with Crippen LogP contribution in [0, 0.1) is 5.92 Å². The fourth-order valence-corrected chi connectivity index (χ4v) is 4.90. The molecule has 0 bridgehead atoms. The summed E-state index contributed by atoms with van der Waals surface area (Å²) < 4.78 is 0. The van der Waals surface area contributed by atoms with Gasteiger partial charge in [-0.15, -0.1) is 0 Å². The van der Waals surface area contributed by atoms with Crippen LogP contribution in [0.15, 0.2) is 54.6 Å². The van der Waals surface area contributed by atoms with Crippen LogP contribution in [-0.4, -0.2) is 64.1 Å². The number of carbonyl (C=O) groups excluding carboxylic acids is 1. The maximum absolute atomic E-state index is 12.8. The number of benzene rings is 2. The van der Waals surface area contributed by atoms with Gasteiger partial charge in [-0.2, -0.15) is 0 Å². The van der Waals surface area contributed by atoms with Gasteiger partial charge in [0.1, 0.15) is 5.54 Å². The molecular formula is C25H33N3O4. The van der Waals surface area contributed by atoms with E-state index in [1.807, 2.05) is 37.3 Å². The zero-order chi connectivity index (χ0) is 22.7. The summed E-state index contributed by atoms with van der Waals surface area (Å²) in [5, 5.41) is 33.7. The van der Waals surface area contributed by atoms with Crippen LogP contribution in [-0.2, 0) is 11.4 Å². The first-order chi connectivity index (χ1) is 15.4. The molecule has 0 aliphatic carbocycles. The highest BCUT2D eigenvalue weighted by atomic mass is 16.3. The van der Waals surface area contributed by atoms with E-state index in [2.05, 4.69) is 15.1 Å². The lowest BCUT2D eigenvalue weighted by molar-refractivity contribution is -0.125. The lowest BCUT2D eigenvalue weighted by atomic mass is 9.85. The lowest BCUT2D eigenvalue weighted by Gasteiger charge is -2.44. The molecule has 0 unspecified atom stereocenters. The van der Waals surface area contributed by atoms with Crippen LogP contribution in [0.1, 0.15) is 37.0 Å². The number of hydrogen-bond donors (Lipinski definition) is 4. The SMILES string of the molecule is C[C@@H]([C@H](O)c1ccc(CO)cc1)[C@@H](O)CN1CCC2(CC1)C(=O)NCN2c1ccccc1. The Morgan fingerprint density at radius 3 is 2.31 bits per heavy atom. The Morgan fingerprint density at radius 1 is 1.03 bits per heavy atom. The van der Waals surface area contributed by atoms with E-state index in [0.29, 0.717) is 39.1 Å². The number of rotatable bonds is 7.